The van der Waals surface area contributed by atoms with Crippen molar-refractivity contribution in [2.75, 3.05) is 0 Å². The summed E-state index contributed by atoms with van der Waals surface area (Å²) in [6.45, 7) is 14.6. The van der Waals surface area contributed by atoms with E-state index in [1.54, 1.807) is 0 Å². The fraction of sp³-hybridized carbons (Fsp3) is 0.393. The highest BCUT2D eigenvalue weighted by molar-refractivity contribution is 5.89. The van der Waals surface area contributed by atoms with Crippen molar-refractivity contribution in [1.29, 1.82) is 0 Å². The molecule has 0 saturated heterocycles. The minimum absolute atomic E-state index is 0.00917. The summed E-state index contributed by atoms with van der Waals surface area (Å²) in [5, 5.41) is 12.2. The predicted octanol–water partition coefficient (Wildman–Crippen LogP) is 6.36. The molecule has 0 fully saturated rings. The first kappa shape index (κ1) is 23.9. The summed E-state index contributed by atoms with van der Waals surface area (Å²) >= 11 is 0. The Morgan fingerprint density at radius 2 is 1.74 bits per heavy atom. The van der Waals surface area contributed by atoms with Gasteiger partial charge in [0.1, 0.15) is 12.1 Å². The Labute approximate surface area is 201 Å². The van der Waals surface area contributed by atoms with E-state index >= 15 is 0 Å². The molecule has 0 aliphatic heterocycles. The molecule has 4 aromatic rings. The summed E-state index contributed by atoms with van der Waals surface area (Å²) < 4.78 is 7.75. The molecule has 0 saturated carbocycles. The van der Waals surface area contributed by atoms with Crippen molar-refractivity contribution in [2.24, 2.45) is 5.41 Å². The van der Waals surface area contributed by atoms with Crippen LogP contribution in [0.4, 0.5) is 0 Å². The van der Waals surface area contributed by atoms with Gasteiger partial charge in [0.05, 0.1) is 29.6 Å². The van der Waals surface area contributed by atoms with Crippen LogP contribution in [-0.4, -0.2) is 30.7 Å². The van der Waals surface area contributed by atoms with Crippen molar-refractivity contribution in [3.8, 4) is 23.0 Å². The molecule has 1 aromatic carbocycles. The number of hydrogen-bond acceptors (Lipinski definition) is 5. The van der Waals surface area contributed by atoms with Crippen LogP contribution >= 0.6 is 0 Å². The lowest BCUT2D eigenvalue weighted by Crippen LogP contribution is -2.11. The molecule has 0 amide bonds. The molecular formula is C28H34N4O2. The number of nitrogens with zero attached hydrogens (tertiary/aromatic N) is 4. The van der Waals surface area contributed by atoms with E-state index < -0.39 is 6.10 Å². The first-order chi connectivity index (χ1) is 16.0. The van der Waals surface area contributed by atoms with Crippen LogP contribution in [0.2, 0.25) is 0 Å². The molecule has 6 nitrogen and oxygen atoms in total. The number of benzene rings is 1. The van der Waals surface area contributed by atoms with Crippen LogP contribution < -0.4 is 4.74 Å². The zero-order valence-electron chi connectivity index (χ0n) is 21.1. The Bertz CT molecular complexity index is 1300. The fourth-order valence-corrected chi connectivity index (χ4v) is 4.42. The lowest BCUT2D eigenvalue weighted by atomic mass is 9.87. The predicted molar refractivity (Wildman–Crippen MR) is 136 cm³/mol. The van der Waals surface area contributed by atoms with E-state index in [0.717, 1.165) is 27.7 Å². The van der Waals surface area contributed by atoms with Crippen molar-refractivity contribution < 1.29 is 9.84 Å². The Kier molecular flexibility index (Phi) is 6.45. The molecule has 3 aromatic heterocycles. The average molecular weight is 459 g/mol. The Morgan fingerprint density at radius 1 is 1.03 bits per heavy atom. The van der Waals surface area contributed by atoms with Gasteiger partial charge in [-0.05, 0) is 56.7 Å². The van der Waals surface area contributed by atoms with Gasteiger partial charge in [0, 0.05) is 28.8 Å². The fourth-order valence-electron chi connectivity index (χ4n) is 4.42. The molecule has 1 atom stereocenters. The molecule has 1 unspecified atom stereocenters. The van der Waals surface area contributed by atoms with Crippen LogP contribution in [0.5, 0.6) is 5.88 Å². The number of aryl methyl sites for hydroxylation is 2. The molecule has 0 bridgehead atoms. The third-order valence-electron chi connectivity index (χ3n) is 5.85. The second kappa shape index (κ2) is 9.18. The lowest BCUT2D eigenvalue weighted by molar-refractivity contribution is 0.123. The molecule has 178 valence electrons. The SMILES string of the molecule is Cc1cccc(C)c1-c1cc2c(C(O)CC(C)(C)C)cn(-c3cc(OC(C)C)ncn3)c2cn1. The number of ether oxygens (including phenoxy) is 1. The van der Waals surface area contributed by atoms with Crippen LogP contribution in [0.15, 0.2) is 49.1 Å². The molecule has 0 aliphatic carbocycles. The van der Waals surface area contributed by atoms with Crippen LogP contribution in [-0.2, 0) is 0 Å². The minimum Gasteiger partial charge on any atom is -0.475 e. The smallest absolute Gasteiger partial charge is 0.218 e. The Morgan fingerprint density at radius 3 is 2.38 bits per heavy atom. The van der Waals surface area contributed by atoms with Crippen molar-refractivity contribution in [2.45, 2.75) is 67.1 Å². The van der Waals surface area contributed by atoms with Gasteiger partial charge in [0.2, 0.25) is 5.88 Å². The number of hydrogen-bond donors (Lipinski definition) is 1. The van der Waals surface area contributed by atoms with E-state index in [1.165, 1.54) is 17.5 Å². The highest BCUT2D eigenvalue weighted by atomic mass is 16.5. The molecule has 34 heavy (non-hydrogen) atoms. The van der Waals surface area contributed by atoms with E-state index in [2.05, 4.69) is 68.9 Å². The standard InChI is InChI=1S/C28H34N4O2/c1-17(2)34-26-12-25(30-16-31-26)32-15-21(24(33)13-28(5,6)7)20-11-22(29-14-23(20)32)27-18(3)9-8-10-19(27)4/h8-12,14-17,24,33H,13H2,1-7H3. The van der Waals surface area contributed by atoms with Gasteiger partial charge in [-0.25, -0.2) is 9.97 Å². The maximum Gasteiger partial charge on any atom is 0.218 e. The summed E-state index contributed by atoms with van der Waals surface area (Å²) in [4.78, 5) is 13.5. The topological polar surface area (TPSA) is 73.1 Å². The third kappa shape index (κ3) is 4.97. The van der Waals surface area contributed by atoms with E-state index in [1.807, 2.05) is 36.9 Å². The van der Waals surface area contributed by atoms with E-state index in [0.29, 0.717) is 18.1 Å². The minimum atomic E-state index is -0.620. The van der Waals surface area contributed by atoms with Crippen LogP contribution in [0.1, 0.15) is 63.8 Å². The number of aliphatic hydroxyl groups excluding tert-OH is 1. The largest absolute Gasteiger partial charge is 0.475 e. The maximum absolute atomic E-state index is 11.3. The van der Waals surface area contributed by atoms with Gasteiger partial charge in [0.15, 0.2) is 0 Å². The van der Waals surface area contributed by atoms with E-state index in [-0.39, 0.29) is 11.5 Å². The third-order valence-corrected chi connectivity index (χ3v) is 5.85. The molecule has 0 radical (unpaired) electrons. The van der Waals surface area contributed by atoms with Crippen molar-refractivity contribution in [1.82, 2.24) is 19.5 Å². The molecular weight excluding hydrogens is 424 g/mol. The zero-order valence-corrected chi connectivity index (χ0v) is 21.1. The zero-order chi connectivity index (χ0) is 24.6. The van der Waals surface area contributed by atoms with Crippen LogP contribution in [0.3, 0.4) is 0 Å². The van der Waals surface area contributed by atoms with Gasteiger partial charge < -0.3 is 9.84 Å². The molecule has 0 spiro atoms. The van der Waals surface area contributed by atoms with Crippen molar-refractivity contribution in [3.05, 3.63) is 65.7 Å². The number of aliphatic hydroxyl groups is 1. The lowest BCUT2D eigenvalue weighted by Gasteiger charge is -2.22. The molecule has 0 aliphatic rings. The number of fused-ring (bicyclic) bond motifs is 1. The van der Waals surface area contributed by atoms with Crippen molar-refractivity contribution in [3.63, 3.8) is 0 Å². The first-order valence-corrected chi connectivity index (χ1v) is 11.8. The van der Waals surface area contributed by atoms with Crippen molar-refractivity contribution >= 4 is 10.9 Å². The van der Waals surface area contributed by atoms with Gasteiger partial charge >= 0.3 is 0 Å². The second-order valence-electron chi connectivity index (χ2n) is 10.5. The quantitative estimate of drug-likeness (QED) is 0.364. The maximum atomic E-state index is 11.3. The van der Waals surface area contributed by atoms with Crippen LogP contribution in [0, 0.1) is 19.3 Å². The first-order valence-electron chi connectivity index (χ1n) is 11.8. The highest BCUT2D eigenvalue weighted by Gasteiger charge is 2.23. The van der Waals surface area contributed by atoms with Gasteiger partial charge in [-0.2, -0.15) is 0 Å². The second-order valence-corrected chi connectivity index (χ2v) is 10.5. The summed E-state index contributed by atoms with van der Waals surface area (Å²) in [7, 11) is 0. The Balaban J connectivity index is 1.91. The molecule has 3 heterocycles. The average Bonchev–Trinajstić information content (AvgIpc) is 3.11. The molecule has 4 rings (SSSR count). The van der Waals surface area contributed by atoms with Gasteiger partial charge in [0.25, 0.3) is 0 Å². The summed E-state index contributed by atoms with van der Waals surface area (Å²) in [6, 6.07) is 10.2. The van der Waals surface area contributed by atoms with Gasteiger partial charge in [-0.3, -0.25) is 9.55 Å². The van der Waals surface area contributed by atoms with Gasteiger partial charge in [-0.1, -0.05) is 39.0 Å². The molecule has 6 heteroatoms. The van der Waals surface area contributed by atoms with E-state index in [9.17, 15) is 5.11 Å². The highest BCUT2D eigenvalue weighted by Crippen LogP contribution is 2.37. The number of rotatable bonds is 6. The Hall–Kier alpha value is -3.25. The van der Waals surface area contributed by atoms with Gasteiger partial charge in [-0.15, -0.1) is 0 Å². The summed E-state index contributed by atoms with van der Waals surface area (Å²) in [5.74, 6) is 1.19. The number of aromatic nitrogens is 4. The molecule has 1 N–H and O–H groups in total. The van der Waals surface area contributed by atoms with Crippen LogP contribution in [0.25, 0.3) is 28.0 Å². The summed E-state index contributed by atoms with van der Waals surface area (Å²) in [6.07, 6.45) is 5.37. The van der Waals surface area contributed by atoms with E-state index in [4.69, 9.17) is 9.72 Å². The number of pyridine rings is 1. The summed E-state index contributed by atoms with van der Waals surface area (Å²) in [5.41, 5.74) is 6.10. The normalized spacial score (nSPS) is 13.0. The monoisotopic (exact) mass is 458 g/mol.